The molecule has 0 bridgehead atoms. The molecule has 4 rings (SSSR count). The number of rotatable bonds is 7. The number of aromatic nitrogens is 1. The summed E-state index contributed by atoms with van der Waals surface area (Å²) in [6.45, 7) is 4.83. The van der Waals surface area contributed by atoms with Gasteiger partial charge in [-0.3, -0.25) is 4.79 Å². The molecule has 1 aromatic heterocycles. The van der Waals surface area contributed by atoms with Gasteiger partial charge >= 0.3 is 0 Å². The molecule has 7 nitrogen and oxygen atoms in total. The number of sulfonamides is 1. The van der Waals surface area contributed by atoms with Crippen molar-refractivity contribution < 1.29 is 17.6 Å². The number of benzene rings is 2. The van der Waals surface area contributed by atoms with E-state index in [0.29, 0.717) is 31.0 Å². The van der Waals surface area contributed by atoms with E-state index in [9.17, 15) is 13.2 Å². The van der Waals surface area contributed by atoms with Gasteiger partial charge in [0.2, 0.25) is 15.9 Å². The molecule has 33 heavy (non-hydrogen) atoms. The third kappa shape index (κ3) is 5.34. The molecule has 2 heterocycles. The number of carbonyl (C=O) groups is 1. The van der Waals surface area contributed by atoms with E-state index in [0.717, 1.165) is 36.1 Å². The third-order valence-corrected chi connectivity index (χ3v) is 7.97. The number of piperidine rings is 1. The van der Waals surface area contributed by atoms with Gasteiger partial charge in [0.25, 0.3) is 5.91 Å². The van der Waals surface area contributed by atoms with Crippen molar-refractivity contribution in [3.05, 3.63) is 71.6 Å². The molecule has 174 valence electrons. The molecular weight excluding hydrogens is 438 g/mol. The Kier molecular flexibility index (Phi) is 6.95. The van der Waals surface area contributed by atoms with Gasteiger partial charge in [0.15, 0.2) is 0 Å². The van der Waals surface area contributed by atoms with Gasteiger partial charge in [0.1, 0.15) is 6.26 Å². The lowest BCUT2D eigenvalue weighted by Gasteiger charge is -2.32. The molecule has 1 atom stereocenters. The number of aryl methyl sites for hydroxylation is 1. The average Bonchev–Trinajstić information content (AvgIpc) is 3.28. The molecule has 3 aromatic rings. The van der Waals surface area contributed by atoms with E-state index in [4.69, 9.17) is 4.42 Å². The van der Waals surface area contributed by atoms with Gasteiger partial charge in [-0.2, -0.15) is 4.31 Å². The van der Waals surface area contributed by atoms with Gasteiger partial charge in [-0.1, -0.05) is 30.2 Å². The van der Waals surface area contributed by atoms with Crippen LogP contribution in [0.4, 0.5) is 0 Å². The lowest BCUT2D eigenvalue weighted by molar-refractivity contribution is 0.0954. The molecule has 1 aliphatic rings. The number of hydrogen-bond acceptors (Lipinski definition) is 5. The summed E-state index contributed by atoms with van der Waals surface area (Å²) in [4.78, 5) is 17.3. The van der Waals surface area contributed by atoms with E-state index < -0.39 is 10.0 Å². The second-order valence-corrected chi connectivity index (χ2v) is 10.4. The van der Waals surface area contributed by atoms with Crippen LogP contribution >= 0.6 is 0 Å². The summed E-state index contributed by atoms with van der Waals surface area (Å²) >= 11 is 0. The Labute approximate surface area is 194 Å². The monoisotopic (exact) mass is 467 g/mol. The van der Waals surface area contributed by atoms with Crippen LogP contribution in [-0.4, -0.2) is 42.7 Å². The highest BCUT2D eigenvalue weighted by Crippen LogP contribution is 2.25. The molecule has 0 saturated carbocycles. The van der Waals surface area contributed by atoms with Crippen molar-refractivity contribution in [3.63, 3.8) is 0 Å². The summed E-state index contributed by atoms with van der Waals surface area (Å²) in [6, 6.07) is 14.1. The predicted molar refractivity (Wildman–Crippen MR) is 126 cm³/mol. The number of oxazole rings is 1. The Morgan fingerprint density at radius 3 is 2.73 bits per heavy atom. The largest absolute Gasteiger partial charge is 0.444 e. The second kappa shape index (κ2) is 9.89. The van der Waals surface area contributed by atoms with Crippen molar-refractivity contribution in [1.82, 2.24) is 14.6 Å². The molecule has 1 N–H and O–H groups in total. The minimum atomic E-state index is -3.63. The summed E-state index contributed by atoms with van der Waals surface area (Å²) in [6.07, 6.45) is 4.84. The zero-order valence-electron chi connectivity index (χ0n) is 19.0. The molecule has 1 saturated heterocycles. The highest BCUT2D eigenvalue weighted by molar-refractivity contribution is 7.89. The summed E-state index contributed by atoms with van der Waals surface area (Å²) in [5.41, 5.74) is 3.12. The predicted octanol–water partition coefficient (Wildman–Crippen LogP) is 4.19. The van der Waals surface area contributed by atoms with Crippen LogP contribution in [0.2, 0.25) is 0 Å². The molecule has 1 amide bonds. The highest BCUT2D eigenvalue weighted by Gasteiger charge is 2.31. The molecule has 1 unspecified atom stereocenters. The zero-order chi connectivity index (χ0) is 23.4. The minimum absolute atomic E-state index is 0.0338. The zero-order valence-corrected chi connectivity index (χ0v) is 19.8. The fourth-order valence-electron chi connectivity index (χ4n) is 4.02. The number of carbonyl (C=O) groups excluding carboxylic acids is 1. The molecule has 0 spiro atoms. The lowest BCUT2D eigenvalue weighted by Crippen LogP contribution is -2.42. The third-order valence-electron chi connectivity index (χ3n) is 5.96. The summed E-state index contributed by atoms with van der Waals surface area (Å²) in [5, 5.41) is 2.84. The number of hydrogen-bond donors (Lipinski definition) is 1. The Hall–Kier alpha value is -2.97. The van der Waals surface area contributed by atoms with Crippen LogP contribution in [0.3, 0.4) is 0 Å². The molecule has 0 radical (unpaired) electrons. The molecule has 8 heteroatoms. The van der Waals surface area contributed by atoms with Crippen LogP contribution in [0.15, 0.2) is 64.1 Å². The standard InChI is InChI=1S/C25H29N3O4S/c1-18-9-11-20(12-10-18)25-27-22(17-32-25)13-14-26-24(29)21-7-5-8-23(16-21)33(30,31)28-15-4-3-6-19(28)2/h5,7-12,16-17,19H,3-4,6,13-15H2,1-2H3,(H,26,29). The first kappa shape index (κ1) is 23.2. The van der Waals surface area contributed by atoms with Crippen LogP contribution in [0.5, 0.6) is 0 Å². The Bertz CT molecular complexity index is 1220. The summed E-state index contributed by atoms with van der Waals surface area (Å²) in [5.74, 6) is 0.224. The quantitative estimate of drug-likeness (QED) is 0.563. The van der Waals surface area contributed by atoms with Gasteiger partial charge in [0, 0.05) is 36.7 Å². The van der Waals surface area contributed by atoms with Crippen LogP contribution < -0.4 is 5.32 Å². The van der Waals surface area contributed by atoms with Crippen molar-refractivity contribution in [1.29, 1.82) is 0 Å². The van der Waals surface area contributed by atoms with E-state index >= 15 is 0 Å². The maximum Gasteiger partial charge on any atom is 0.251 e. The van der Waals surface area contributed by atoms with E-state index in [1.807, 2.05) is 38.1 Å². The summed E-state index contributed by atoms with van der Waals surface area (Å²) in [7, 11) is -3.63. The van der Waals surface area contributed by atoms with Crippen molar-refractivity contribution >= 4 is 15.9 Å². The van der Waals surface area contributed by atoms with Crippen molar-refractivity contribution in [2.24, 2.45) is 0 Å². The van der Waals surface area contributed by atoms with Crippen molar-refractivity contribution in [3.8, 4) is 11.5 Å². The first-order chi connectivity index (χ1) is 15.8. The minimum Gasteiger partial charge on any atom is -0.444 e. The van der Waals surface area contributed by atoms with Gasteiger partial charge in [-0.15, -0.1) is 0 Å². The Morgan fingerprint density at radius 2 is 1.97 bits per heavy atom. The lowest BCUT2D eigenvalue weighted by atomic mass is 10.1. The van der Waals surface area contributed by atoms with Gasteiger partial charge in [-0.25, -0.2) is 13.4 Å². The first-order valence-corrected chi connectivity index (χ1v) is 12.7. The molecule has 1 fully saturated rings. The number of amides is 1. The fraction of sp³-hybridized carbons (Fsp3) is 0.360. The molecule has 1 aliphatic heterocycles. The second-order valence-electron chi connectivity index (χ2n) is 8.50. The molecular formula is C25H29N3O4S. The van der Waals surface area contributed by atoms with Gasteiger partial charge < -0.3 is 9.73 Å². The fourth-order valence-corrected chi connectivity index (χ4v) is 5.76. The van der Waals surface area contributed by atoms with E-state index in [-0.39, 0.29) is 16.8 Å². The van der Waals surface area contributed by atoms with Crippen molar-refractivity contribution in [2.45, 2.75) is 50.5 Å². The molecule has 0 aliphatic carbocycles. The van der Waals surface area contributed by atoms with E-state index in [1.54, 1.807) is 28.8 Å². The number of nitrogens with one attached hydrogen (secondary N) is 1. The van der Waals surface area contributed by atoms with Crippen LogP contribution in [0, 0.1) is 6.92 Å². The van der Waals surface area contributed by atoms with Gasteiger partial charge in [-0.05, 0) is 57.0 Å². The Balaban J connectivity index is 1.37. The van der Waals surface area contributed by atoms with E-state index in [1.165, 1.54) is 6.07 Å². The normalized spacial score (nSPS) is 17.1. The maximum atomic E-state index is 13.1. The number of nitrogens with zero attached hydrogens (tertiary/aromatic N) is 2. The van der Waals surface area contributed by atoms with Crippen molar-refractivity contribution in [2.75, 3.05) is 13.1 Å². The van der Waals surface area contributed by atoms with Crippen LogP contribution in [0.1, 0.15) is 47.8 Å². The van der Waals surface area contributed by atoms with Crippen LogP contribution in [-0.2, 0) is 16.4 Å². The SMILES string of the molecule is Cc1ccc(-c2nc(CCNC(=O)c3cccc(S(=O)(=O)N4CCCCC4C)c3)co2)cc1. The topological polar surface area (TPSA) is 92.5 Å². The van der Waals surface area contributed by atoms with Gasteiger partial charge in [0.05, 0.1) is 10.6 Å². The van der Waals surface area contributed by atoms with Crippen LogP contribution in [0.25, 0.3) is 11.5 Å². The average molecular weight is 468 g/mol. The highest BCUT2D eigenvalue weighted by atomic mass is 32.2. The smallest absolute Gasteiger partial charge is 0.251 e. The summed E-state index contributed by atoms with van der Waals surface area (Å²) < 4.78 is 33.3. The van der Waals surface area contributed by atoms with E-state index in [2.05, 4.69) is 10.3 Å². The first-order valence-electron chi connectivity index (χ1n) is 11.3. The maximum absolute atomic E-state index is 13.1. The molecule has 2 aromatic carbocycles. The Morgan fingerprint density at radius 1 is 1.18 bits per heavy atom.